The van der Waals surface area contributed by atoms with Crippen LogP contribution in [0.3, 0.4) is 0 Å². The number of nitrogens with zero attached hydrogens (tertiary/aromatic N) is 1. The molecule has 0 radical (unpaired) electrons. The van der Waals surface area contributed by atoms with Gasteiger partial charge in [-0.3, -0.25) is 28.9 Å². The number of ether oxygens (including phenoxy) is 1. The molecule has 4 amide bonds. The summed E-state index contributed by atoms with van der Waals surface area (Å²) >= 11 is 0.926. The zero-order valence-corrected chi connectivity index (χ0v) is 16.3. The summed E-state index contributed by atoms with van der Waals surface area (Å²) in [5, 5.41) is 4.83. The minimum Gasteiger partial charge on any atom is -0.452 e. The summed E-state index contributed by atoms with van der Waals surface area (Å²) in [5.41, 5.74) is 1.29. The number of anilines is 1. The SMILES string of the molecule is CC(=O)Nc1ccc(CC(=O)O[C@@H](C)C(=O)NCCN2C(=O)CSC2=O)cc1. The predicted molar refractivity (Wildman–Crippen MR) is 103 cm³/mol. The molecule has 0 aromatic heterocycles. The van der Waals surface area contributed by atoms with Crippen LogP contribution in [0.2, 0.25) is 0 Å². The lowest BCUT2D eigenvalue weighted by Gasteiger charge is -2.16. The average molecular weight is 407 g/mol. The van der Waals surface area contributed by atoms with Gasteiger partial charge in [-0.05, 0) is 24.6 Å². The van der Waals surface area contributed by atoms with Crippen LogP contribution < -0.4 is 10.6 Å². The van der Waals surface area contributed by atoms with Gasteiger partial charge in [0.15, 0.2) is 6.10 Å². The number of rotatable bonds is 8. The highest BCUT2D eigenvalue weighted by Crippen LogP contribution is 2.17. The molecular weight excluding hydrogens is 386 g/mol. The van der Waals surface area contributed by atoms with E-state index in [0.717, 1.165) is 16.7 Å². The van der Waals surface area contributed by atoms with Crippen molar-refractivity contribution in [2.24, 2.45) is 0 Å². The van der Waals surface area contributed by atoms with Gasteiger partial charge in [0, 0.05) is 25.7 Å². The molecule has 0 aliphatic carbocycles. The number of esters is 1. The van der Waals surface area contributed by atoms with Crippen LogP contribution in [0.15, 0.2) is 24.3 Å². The van der Waals surface area contributed by atoms with Crippen molar-refractivity contribution in [2.75, 3.05) is 24.2 Å². The van der Waals surface area contributed by atoms with E-state index in [1.165, 1.54) is 13.8 Å². The van der Waals surface area contributed by atoms with Crippen molar-refractivity contribution < 1.29 is 28.7 Å². The topological polar surface area (TPSA) is 122 Å². The van der Waals surface area contributed by atoms with Crippen LogP contribution in [-0.4, -0.2) is 58.8 Å². The molecule has 2 rings (SSSR count). The van der Waals surface area contributed by atoms with Crippen LogP contribution in [0.1, 0.15) is 19.4 Å². The molecule has 150 valence electrons. The van der Waals surface area contributed by atoms with Crippen LogP contribution in [0.5, 0.6) is 0 Å². The standard InChI is InChI=1S/C18H21N3O6S/c1-11(17(25)19-7-8-21-15(23)10-28-18(21)26)27-16(24)9-13-3-5-14(6-4-13)20-12(2)22/h3-6,11H,7-10H2,1-2H3,(H,19,25)(H,20,22)/t11-/m0/s1. The van der Waals surface area contributed by atoms with Crippen LogP contribution in [0, 0.1) is 0 Å². The fourth-order valence-electron chi connectivity index (χ4n) is 2.40. The molecule has 1 aromatic rings. The number of thioether (sulfide) groups is 1. The zero-order valence-electron chi connectivity index (χ0n) is 15.5. The molecule has 1 aliphatic rings. The smallest absolute Gasteiger partial charge is 0.311 e. The van der Waals surface area contributed by atoms with Crippen molar-refractivity contribution >= 4 is 46.4 Å². The number of benzene rings is 1. The van der Waals surface area contributed by atoms with Gasteiger partial charge in [0.2, 0.25) is 11.8 Å². The highest BCUT2D eigenvalue weighted by molar-refractivity contribution is 8.14. The summed E-state index contributed by atoms with van der Waals surface area (Å²) in [6, 6.07) is 6.69. The molecule has 28 heavy (non-hydrogen) atoms. The third-order valence-electron chi connectivity index (χ3n) is 3.78. The first kappa shape index (κ1) is 21.4. The van der Waals surface area contributed by atoms with E-state index in [1.54, 1.807) is 24.3 Å². The number of nitrogens with one attached hydrogen (secondary N) is 2. The van der Waals surface area contributed by atoms with Gasteiger partial charge in [0.1, 0.15) is 0 Å². The molecule has 0 spiro atoms. The molecule has 0 saturated carbocycles. The van der Waals surface area contributed by atoms with Crippen molar-refractivity contribution in [2.45, 2.75) is 26.4 Å². The normalized spacial score (nSPS) is 14.6. The molecule has 1 aromatic carbocycles. The van der Waals surface area contributed by atoms with Gasteiger partial charge in [-0.1, -0.05) is 23.9 Å². The molecule has 1 aliphatic heterocycles. The Kier molecular flexibility index (Phi) is 7.56. The fourth-order valence-corrected chi connectivity index (χ4v) is 3.15. The van der Waals surface area contributed by atoms with E-state index < -0.39 is 18.0 Å². The number of amides is 4. The Balaban J connectivity index is 1.73. The monoisotopic (exact) mass is 407 g/mol. The minimum atomic E-state index is -1.01. The lowest BCUT2D eigenvalue weighted by molar-refractivity contribution is -0.154. The molecule has 10 heteroatoms. The van der Waals surface area contributed by atoms with Gasteiger partial charge in [-0.2, -0.15) is 0 Å². The van der Waals surface area contributed by atoms with Crippen LogP contribution in [0.25, 0.3) is 0 Å². The predicted octanol–water partition coefficient (Wildman–Crippen LogP) is 0.931. The Hall–Kier alpha value is -2.88. The van der Waals surface area contributed by atoms with Crippen LogP contribution >= 0.6 is 11.8 Å². The molecule has 1 heterocycles. The van der Waals surface area contributed by atoms with E-state index in [9.17, 15) is 24.0 Å². The second kappa shape index (κ2) is 9.88. The van der Waals surface area contributed by atoms with Gasteiger partial charge in [-0.25, -0.2) is 0 Å². The van der Waals surface area contributed by atoms with Gasteiger partial charge in [0.25, 0.3) is 11.1 Å². The quantitative estimate of drug-likeness (QED) is 0.615. The van der Waals surface area contributed by atoms with Crippen LogP contribution in [-0.2, 0) is 30.3 Å². The average Bonchev–Trinajstić information content (AvgIpc) is 2.94. The van der Waals surface area contributed by atoms with Crippen molar-refractivity contribution in [3.63, 3.8) is 0 Å². The Morgan fingerprint density at radius 1 is 1.21 bits per heavy atom. The molecule has 2 N–H and O–H groups in total. The Labute approximate surface area is 166 Å². The molecular formula is C18H21N3O6S. The summed E-state index contributed by atoms with van der Waals surface area (Å²) in [7, 11) is 0. The first-order valence-electron chi connectivity index (χ1n) is 8.57. The number of hydrogen-bond donors (Lipinski definition) is 2. The molecule has 0 bridgehead atoms. The molecule has 9 nitrogen and oxygen atoms in total. The van der Waals surface area contributed by atoms with Gasteiger partial charge < -0.3 is 15.4 Å². The van der Waals surface area contributed by atoms with Gasteiger partial charge in [-0.15, -0.1) is 0 Å². The highest BCUT2D eigenvalue weighted by Gasteiger charge is 2.29. The number of carbonyl (C=O) groups is 5. The fraction of sp³-hybridized carbons (Fsp3) is 0.389. The molecule has 1 atom stereocenters. The Morgan fingerprint density at radius 3 is 2.46 bits per heavy atom. The maximum atomic E-state index is 12.0. The summed E-state index contributed by atoms with van der Waals surface area (Å²) in [4.78, 5) is 59.0. The largest absolute Gasteiger partial charge is 0.452 e. The number of carbonyl (C=O) groups excluding carboxylic acids is 5. The maximum absolute atomic E-state index is 12.0. The first-order valence-corrected chi connectivity index (χ1v) is 9.55. The second-order valence-electron chi connectivity index (χ2n) is 6.08. The van der Waals surface area contributed by atoms with E-state index in [1.807, 2.05) is 0 Å². The second-order valence-corrected chi connectivity index (χ2v) is 7.00. The lowest BCUT2D eigenvalue weighted by atomic mass is 10.1. The van der Waals surface area contributed by atoms with Gasteiger partial charge >= 0.3 is 5.97 Å². The van der Waals surface area contributed by atoms with Crippen molar-refractivity contribution in [1.29, 1.82) is 0 Å². The summed E-state index contributed by atoms with van der Waals surface area (Å²) in [6.07, 6.45) is -1.03. The third kappa shape index (κ3) is 6.38. The van der Waals surface area contributed by atoms with Crippen molar-refractivity contribution in [3.05, 3.63) is 29.8 Å². The number of hydrogen-bond acceptors (Lipinski definition) is 7. The summed E-state index contributed by atoms with van der Waals surface area (Å²) in [5.74, 6) is -1.44. The van der Waals surface area contributed by atoms with E-state index >= 15 is 0 Å². The van der Waals surface area contributed by atoms with Crippen molar-refractivity contribution in [1.82, 2.24) is 10.2 Å². The molecule has 0 unspecified atom stereocenters. The van der Waals surface area contributed by atoms with E-state index in [0.29, 0.717) is 11.3 Å². The maximum Gasteiger partial charge on any atom is 0.311 e. The molecule has 1 fully saturated rings. The lowest BCUT2D eigenvalue weighted by Crippen LogP contribution is -2.41. The Morgan fingerprint density at radius 2 is 1.89 bits per heavy atom. The third-order valence-corrected chi connectivity index (χ3v) is 4.63. The first-order chi connectivity index (χ1) is 13.3. The van der Waals surface area contributed by atoms with E-state index in [-0.39, 0.29) is 42.3 Å². The van der Waals surface area contributed by atoms with E-state index in [2.05, 4.69) is 10.6 Å². The molecule has 1 saturated heterocycles. The summed E-state index contributed by atoms with van der Waals surface area (Å²) in [6.45, 7) is 3.01. The number of imide groups is 1. The van der Waals surface area contributed by atoms with Crippen molar-refractivity contribution in [3.8, 4) is 0 Å². The highest BCUT2D eigenvalue weighted by atomic mass is 32.2. The van der Waals surface area contributed by atoms with E-state index in [4.69, 9.17) is 4.74 Å². The van der Waals surface area contributed by atoms with Gasteiger partial charge in [0.05, 0.1) is 12.2 Å². The minimum absolute atomic E-state index is 0.0218. The summed E-state index contributed by atoms with van der Waals surface area (Å²) < 4.78 is 5.10. The zero-order chi connectivity index (χ0) is 20.7. The Bertz CT molecular complexity index is 764. The van der Waals surface area contributed by atoms with Crippen LogP contribution in [0.4, 0.5) is 10.5 Å².